The fourth-order valence-corrected chi connectivity index (χ4v) is 6.91. The van der Waals surface area contributed by atoms with Crippen LogP contribution in [-0.2, 0) is 0 Å². The van der Waals surface area contributed by atoms with Crippen molar-refractivity contribution >= 4 is 0 Å². The van der Waals surface area contributed by atoms with Gasteiger partial charge < -0.3 is 4.90 Å². The van der Waals surface area contributed by atoms with Crippen LogP contribution >= 0.6 is 0 Å². The minimum Gasteiger partial charge on any atom is -0.309 e. The van der Waals surface area contributed by atoms with Crippen LogP contribution in [0.2, 0.25) is 0 Å². The first-order valence-corrected chi connectivity index (χ1v) is 21.6. The van der Waals surface area contributed by atoms with Crippen LogP contribution in [0.15, 0.2) is 146 Å². The Morgan fingerprint density at radius 2 is 0.792 bits per heavy atom. The summed E-state index contributed by atoms with van der Waals surface area (Å²) in [6.07, 6.45) is 79.7. The Bertz CT molecular complexity index is 1190. The monoisotopic (exact) mass is 720 g/mol. The second-order valence-corrected chi connectivity index (χ2v) is 15.0. The highest BCUT2D eigenvalue weighted by molar-refractivity contribution is 5.07. The molecule has 0 radical (unpaired) electrons. The van der Waals surface area contributed by atoms with Crippen molar-refractivity contribution in [3.8, 4) is 0 Å². The number of hydrogen-bond donors (Lipinski definition) is 0. The molecule has 0 aromatic heterocycles. The van der Waals surface area contributed by atoms with E-state index in [0.29, 0.717) is 5.41 Å². The molecule has 53 heavy (non-hydrogen) atoms. The molecule has 1 saturated carbocycles. The first-order valence-electron chi connectivity index (χ1n) is 21.6. The van der Waals surface area contributed by atoms with Crippen molar-refractivity contribution < 1.29 is 0 Å². The number of unbranched alkanes of at least 4 members (excludes halogenated alkanes) is 2. The van der Waals surface area contributed by atoms with E-state index in [4.69, 9.17) is 0 Å². The quantitative estimate of drug-likeness (QED) is 0.0380. The maximum absolute atomic E-state index is 2.43. The maximum atomic E-state index is 2.43. The molecular weight excluding hydrogens is 639 g/mol. The molecule has 1 aliphatic rings. The summed E-state index contributed by atoms with van der Waals surface area (Å²) in [4.78, 5) is 2.36. The van der Waals surface area contributed by atoms with Crippen molar-refractivity contribution in [1.29, 1.82) is 0 Å². The van der Waals surface area contributed by atoms with Crippen molar-refractivity contribution in [2.45, 2.75) is 149 Å². The van der Waals surface area contributed by atoms with Crippen LogP contribution in [0.4, 0.5) is 0 Å². The Morgan fingerprint density at radius 1 is 0.453 bits per heavy atom. The highest BCUT2D eigenvalue weighted by Gasteiger charge is 2.37. The van der Waals surface area contributed by atoms with Gasteiger partial charge >= 0.3 is 0 Å². The summed E-state index contributed by atoms with van der Waals surface area (Å²) in [6, 6.07) is 0. The summed E-state index contributed by atoms with van der Waals surface area (Å²) in [5.41, 5.74) is 0.576. The molecule has 0 bridgehead atoms. The van der Waals surface area contributed by atoms with Crippen LogP contribution in [-0.4, -0.2) is 25.5 Å². The molecule has 0 spiro atoms. The molecular formula is C52H81N. The zero-order valence-corrected chi connectivity index (χ0v) is 34.9. The number of hydrogen-bond acceptors (Lipinski definition) is 1. The number of nitrogens with zero attached hydrogens (tertiary/aromatic N) is 1. The van der Waals surface area contributed by atoms with Gasteiger partial charge in [-0.15, -0.1) is 0 Å². The van der Waals surface area contributed by atoms with Gasteiger partial charge in [-0.1, -0.05) is 160 Å². The highest BCUT2D eigenvalue weighted by atomic mass is 15.0. The molecule has 0 amide bonds. The Kier molecular flexibility index (Phi) is 33.6. The first-order chi connectivity index (χ1) is 26.1. The van der Waals surface area contributed by atoms with Gasteiger partial charge in [0.15, 0.2) is 0 Å². The lowest BCUT2D eigenvalue weighted by Crippen LogP contribution is -2.19. The van der Waals surface area contributed by atoms with Gasteiger partial charge in [-0.05, 0) is 167 Å². The molecule has 1 rings (SSSR count). The van der Waals surface area contributed by atoms with Crippen LogP contribution in [0.1, 0.15) is 149 Å². The Hall–Kier alpha value is -3.16. The van der Waals surface area contributed by atoms with Crippen LogP contribution in [0.25, 0.3) is 0 Å². The summed E-state index contributed by atoms with van der Waals surface area (Å²) in [5.74, 6) is 0.920. The SMILES string of the molecule is CC/C=C\C/C=C\C/C=C\C/C=C\C/C=C\C/C=C\CCCC1(CCC/C=C\C/C=C\C/C=C\C/C=C\C=C\C/C=C\CC)CCC(CCN(C)C)C1. The van der Waals surface area contributed by atoms with Gasteiger partial charge in [0.2, 0.25) is 0 Å². The number of rotatable bonds is 32. The zero-order chi connectivity index (χ0) is 38.2. The van der Waals surface area contributed by atoms with E-state index in [-0.39, 0.29) is 0 Å². The third-order valence-electron chi connectivity index (χ3n) is 9.92. The van der Waals surface area contributed by atoms with Crippen LogP contribution < -0.4 is 0 Å². The summed E-state index contributed by atoms with van der Waals surface area (Å²) >= 11 is 0. The molecule has 0 saturated heterocycles. The average molecular weight is 720 g/mol. The second-order valence-electron chi connectivity index (χ2n) is 15.0. The molecule has 294 valence electrons. The minimum atomic E-state index is 0.576. The van der Waals surface area contributed by atoms with E-state index >= 15 is 0 Å². The minimum absolute atomic E-state index is 0.576. The van der Waals surface area contributed by atoms with Gasteiger partial charge in [0, 0.05) is 0 Å². The van der Waals surface area contributed by atoms with Gasteiger partial charge in [0.1, 0.15) is 0 Å². The fourth-order valence-electron chi connectivity index (χ4n) is 6.91. The van der Waals surface area contributed by atoms with E-state index in [1.165, 1.54) is 70.8 Å². The molecule has 0 aliphatic heterocycles. The molecule has 0 aromatic rings. The van der Waals surface area contributed by atoms with E-state index in [0.717, 1.165) is 76.5 Å². The van der Waals surface area contributed by atoms with E-state index in [1.54, 1.807) is 0 Å². The van der Waals surface area contributed by atoms with Crippen LogP contribution in [0.5, 0.6) is 0 Å². The molecule has 0 aromatic carbocycles. The third kappa shape index (κ3) is 32.0. The maximum Gasteiger partial charge on any atom is -0.00222 e. The summed E-state index contributed by atoms with van der Waals surface area (Å²) in [5, 5.41) is 0. The van der Waals surface area contributed by atoms with Crippen molar-refractivity contribution in [2.24, 2.45) is 11.3 Å². The lowest BCUT2D eigenvalue weighted by atomic mass is 9.76. The van der Waals surface area contributed by atoms with E-state index in [2.05, 4.69) is 179 Å². The molecule has 1 aliphatic carbocycles. The predicted octanol–water partition coefficient (Wildman–Crippen LogP) is 16.1. The average Bonchev–Trinajstić information content (AvgIpc) is 3.57. The Morgan fingerprint density at radius 3 is 1.15 bits per heavy atom. The fraction of sp³-hybridized carbons (Fsp3) is 0.538. The largest absolute Gasteiger partial charge is 0.309 e. The zero-order valence-electron chi connectivity index (χ0n) is 34.9. The highest BCUT2D eigenvalue weighted by Crippen LogP contribution is 2.50. The van der Waals surface area contributed by atoms with Gasteiger partial charge in [-0.2, -0.15) is 0 Å². The van der Waals surface area contributed by atoms with Gasteiger partial charge in [-0.3, -0.25) is 0 Å². The number of allylic oxidation sites excluding steroid dienone is 24. The van der Waals surface area contributed by atoms with Crippen LogP contribution in [0.3, 0.4) is 0 Å². The lowest BCUT2D eigenvalue weighted by molar-refractivity contribution is 0.221. The molecule has 0 N–H and O–H groups in total. The van der Waals surface area contributed by atoms with E-state index in [1.807, 2.05) is 0 Å². The molecule has 2 atom stereocenters. The predicted molar refractivity (Wildman–Crippen MR) is 242 cm³/mol. The molecule has 0 heterocycles. The second kappa shape index (κ2) is 37.2. The van der Waals surface area contributed by atoms with Gasteiger partial charge in [-0.25, -0.2) is 0 Å². The van der Waals surface area contributed by atoms with Crippen molar-refractivity contribution in [2.75, 3.05) is 20.6 Å². The molecule has 1 heteroatoms. The summed E-state index contributed by atoms with van der Waals surface area (Å²) in [6.45, 7) is 5.58. The summed E-state index contributed by atoms with van der Waals surface area (Å²) < 4.78 is 0. The standard InChI is InChI=1S/C52H81N/c1-5-7-9-11-13-15-17-19-21-23-25-27-29-31-33-35-37-39-41-43-47-52(48-44-51(50-52)45-49-53(3)4)46-42-40-38-36-34-32-30-28-26-24-22-20-18-16-14-12-10-8-6-2/h7-10,13-16,18-21,24-27,30-33,36-39,51H,5-6,11-12,17,22-23,28-29,34-35,40-50H2,1-4H3/b9-7-,10-8-,15-13-,16-14+,20-18-,21-19-,26-24-,27-25-,32-30-,33-31-,38-36-,39-37-. The Balaban J connectivity index is 2.28. The topological polar surface area (TPSA) is 3.24 Å². The van der Waals surface area contributed by atoms with Gasteiger partial charge in [0.25, 0.3) is 0 Å². The molecule has 1 fully saturated rings. The smallest absolute Gasteiger partial charge is 0.00222 e. The van der Waals surface area contributed by atoms with Crippen molar-refractivity contribution in [3.63, 3.8) is 0 Å². The van der Waals surface area contributed by atoms with Gasteiger partial charge in [0.05, 0.1) is 0 Å². The lowest BCUT2D eigenvalue weighted by Gasteiger charge is -2.30. The third-order valence-corrected chi connectivity index (χ3v) is 9.92. The Labute approximate surface area is 330 Å². The first kappa shape index (κ1) is 47.9. The normalized spacial score (nSPS) is 19.3. The van der Waals surface area contributed by atoms with Crippen LogP contribution in [0, 0.1) is 11.3 Å². The molecule has 2 unspecified atom stereocenters. The van der Waals surface area contributed by atoms with Crippen molar-refractivity contribution in [1.82, 2.24) is 4.90 Å². The van der Waals surface area contributed by atoms with Crippen molar-refractivity contribution in [3.05, 3.63) is 146 Å². The van der Waals surface area contributed by atoms with E-state index < -0.39 is 0 Å². The van der Waals surface area contributed by atoms with E-state index in [9.17, 15) is 0 Å². The molecule has 1 nitrogen and oxygen atoms in total. The summed E-state index contributed by atoms with van der Waals surface area (Å²) in [7, 11) is 4.44.